The van der Waals surface area contributed by atoms with Crippen LogP contribution in [0.25, 0.3) is 0 Å². The van der Waals surface area contributed by atoms with Crippen molar-refractivity contribution in [2.45, 2.75) is 6.54 Å². The van der Waals surface area contributed by atoms with Gasteiger partial charge in [-0.15, -0.1) is 11.3 Å². The molecule has 0 atom stereocenters. The highest BCUT2D eigenvalue weighted by atomic mass is 79.9. The smallest absolute Gasteiger partial charge is 0.321 e. The zero-order valence-electron chi connectivity index (χ0n) is 8.97. The highest BCUT2D eigenvalue weighted by Crippen LogP contribution is 2.19. The van der Waals surface area contributed by atoms with Gasteiger partial charge in [0.15, 0.2) is 5.69 Å². The maximum atomic E-state index is 11.7. The van der Waals surface area contributed by atoms with Gasteiger partial charge in [-0.25, -0.2) is 4.98 Å². The number of H-pyrrole nitrogens is 1. The normalized spacial score (nSPS) is 10.3. The second-order valence-electron chi connectivity index (χ2n) is 3.43. The fourth-order valence-electron chi connectivity index (χ4n) is 1.33. The Hall–Kier alpha value is -1.67. The summed E-state index contributed by atoms with van der Waals surface area (Å²) in [6, 6.07) is 4.55. The van der Waals surface area contributed by atoms with E-state index in [-0.39, 0.29) is 17.4 Å². The number of carbonyl (C=O) groups excluding carboxylic acids is 1. The minimum Gasteiger partial charge on any atom is -0.358 e. The van der Waals surface area contributed by atoms with Gasteiger partial charge in [0.05, 0.1) is 6.54 Å². The van der Waals surface area contributed by atoms with Crippen LogP contribution in [0.5, 0.6) is 0 Å². The number of aromatic nitrogens is 1. The molecule has 2 aromatic rings. The highest BCUT2D eigenvalue weighted by molar-refractivity contribution is 9.10. The van der Waals surface area contributed by atoms with E-state index in [1.54, 1.807) is 0 Å². The van der Waals surface area contributed by atoms with Crippen molar-refractivity contribution < 1.29 is 9.72 Å². The monoisotopic (exact) mass is 329 g/mol. The first-order chi connectivity index (χ1) is 8.56. The van der Waals surface area contributed by atoms with Crippen molar-refractivity contribution in [2.75, 3.05) is 0 Å². The lowest BCUT2D eigenvalue weighted by molar-refractivity contribution is -0.389. The average molecular weight is 330 g/mol. The van der Waals surface area contributed by atoms with Gasteiger partial charge in [-0.2, -0.15) is 0 Å². The molecule has 18 heavy (non-hydrogen) atoms. The number of halogens is 1. The SMILES string of the molecule is O=C(NCc1cc(Br)cs1)c1ccc([N+](=O)[O-])[nH]1. The first kappa shape index (κ1) is 12.8. The molecule has 0 radical (unpaired) electrons. The Morgan fingerprint density at radius 3 is 2.89 bits per heavy atom. The van der Waals surface area contributed by atoms with Crippen LogP contribution in [-0.4, -0.2) is 15.8 Å². The largest absolute Gasteiger partial charge is 0.358 e. The van der Waals surface area contributed by atoms with Crippen molar-refractivity contribution in [3.05, 3.63) is 48.7 Å². The summed E-state index contributed by atoms with van der Waals surface area (Å²) in [5, 5.41) is 15.1. The van der Waals surface area contributed by atoms with Crippen LogP contribution in [0.2, 0.25) is 0 Å². The molecule has 2 N–H and O–H groups in total. The molecule has 0 aliphatic heterocycles. The van der Waals surface area contributed by atoms with E-state index >= 15 is 0 Å². The predicted molar refractivity (Wildman–Crippen MR) is 70.6 cm³/mol. The second-order valence-corrected chi connectivity index (χ2v) is 5.34. The van der Waals surface area contributed by atoms with Gasteiger partial charge in [-0.3, -0.25) is 4.79 Å². The van der Waals surface area contributed by atoms with E-state index in [0.29, 0.717) is 6.54 Å². The quantitative estimate of drug-likeness (QED) is 0.667. The molecule has 0 fully saturated rings. The fourth-order valence-corrected chi connectivity index (χ4v) is 2.72. The minimum atomic E-state index is -0.576. The molecule has 0 unspecified atom stereocenters. The van der Waals surface area contributed by atoms with E-state index < -0.39 is 4.92 Å². The van der Waals surface area contributed by atoms with Crippen LogP contribution < -0.4 is 5.32 Å². The summed E-state index contributed by atoms with van der Waals surface area (Å²) < 4.78 is 0.965. The summed E-state index contributed by atoms with van der Waals surface area (Å²) in [5.74, 6) is -0.563. The van der Waals surface area contributed by atoms with E-state index in [1.807, 2.05) is 11.4 Å². The van der Waals surface area contributed by atoms with Gasteiger partial charge in [0.2, 0.25) is 0 Å². The summed E-state index contributed by atoms with van der Waals surface area (Å²) in [5.41, 5.74) is 0.178. The molecule has 0 spiro atoms. The number of rotatable bonds is 4. The Kier molecular flexibility index (Phi) is 3.78. The molecule has 8 heteroatoms. The van der Waals surface area contributed by atoms with Gasteiger partial charge in [0.25, 0.3) is 5.91 Å². The molecule has 0 bridgehead atoms. The third-order valence-corrected chi connectivity index (χ3v) is 3.85. The molecule has 0 saturated heterocycles. The molecule has 2 aromatic heterocycles. The van der Waals surface area contributed by atoms with Crippen LogP contribution in [0.3, 0.4) is 0 Å². The zero-order valence-corrected chi connectivity index (χ0v) is 11.4. The van der Waals surface area contributed by atoms with Gasteiger partial charge >= 0.3 is 5.82 Å². The van der Waals surface area contributed by atoms with Crippen LogP contribution in [0.15, 0.2) is 28.1 Å². The summed E-state index contributed by atoms with van der Waals surface area (Å²) in [7, 11) is 0. The van der Waals surface area contributed by atoms with Gasteiger partial charge in [0.1, 0.15) is 0 Å². The standard InChI is InChI=1S/C10H8BrN3O3S/c11-6-3-7(18-5-6)4-12-10(15)8-1-2-9(13-8)14(16)17/h1-3,5,13H,4H2,(H,12,15). The van der Waals surface area contributed by atoms with Crippen molar-refractivity contribution in [3.63, 3.8) is 0 Å². The molecule has 0 aliphatic carbocycles. The maximum absolute atomic E-state index is 11.7. The van der Waals surface area contributed by atoms with Crippen molar-refractivity contribution in [3.8, 4) is 0 Å². The fraction of sp³-hybridized carbons (Fsp3) is 0.100. The summed E-state index contributed by atoms with van der Waals surface area (Å²) in [6.07, 6.45) is 0. The predicted octanol–water partition coefficient (Wildman–Crippen LogP) is 2.68. The van der Waals surface area contributed by atoms with E-state index in [4.69, 9.17) is 0 Å². The number of hydrogen-bond donors (Lipinski definition) is 2. The zero-order chi connectivity index (χ0) is 13.1. The number of nitro groups is 1. The number of carbonyl (C=O) groups is 1. The van der Waals surface area contributed by atoms with Gasteiger partial charge in [0, 0.05) is 20.8 Å². The average Bonchev–Trinajstić information content (AvgIpc) is 2.94. The number of nitrogens with one attached hydrogen (secondary N) is 2. The van der Waals surface area contributed by atoms with E-state index in [2.05, 4.69) is 26.2 Å². The van der Waals surface area contributed by atoms with Crippen LogP contribution >= 0.6 is 27.3 Å². The Balaban J connectivity index is 1.97. The lowest BCUT2D eigenvalue weighted by Gasteiger charge is -1.99. The van der Waals surface area contributed by atoms with Crippen molar-refractivity contribution >= 4 is 39.0 Å². The Bertz CT molecular complexity index is 593. The minimum absolute atomic E-state index is 0.178. The molecule has 0 saturated carbocycles. The first-order valence-corrected chi connectivity index (χ1v) is 6.58. The Morgan fingerprint density at radius 1 is 1.56 bits per heavy atom. The van der Waals surface area contributed by atoms with E-state index in [0.717, 1.165) is 9.35 Å². The highest BCUT2D eigenvalue weighted by Gasteiger charge is 2.15. The third-order valence-electron chi connectivity index (χ3n) is 2.16. The van der Waals surface area contributed by atoms with E-state index in [9.17, 15) is 14.9 Å². The number of thiophene rings is 1. The number of amides is 1. The summed E-state index contributed by atoms with van der Waals surface area (Å²) in [4.78, 5) is 25.0. The number of aromatic amines is 1. The lowest BCUT2D eigenvalue weighted by atomic mass is 10.4. The van der Waals surface area contributed by atoms with Crippen molar-refractivity contribution in [2.24, 2.45) is 0 Å². The summed E-state index contributed by atoms with van der Waals surface area (Å²) >= 11 is 4.84. The third kappa shape index (κ3) is 2.96. The molecule has 2 rings (SSSR count). The van der Waals surface area contributed by atoms with Crippen LogP contribution in [-0.2, 0) is 6.54 Å². The molecule has 94 valence electrons. The van der Waals surface area contributed by atoms with Crippen molar-refractivity contribution in [1.82, 2.24) is 10.3 Å². The van der Waals surface area contributed by atoms with Gasteiger partial charge in [-0.05, 0) is 33.0 Å². The van der Waals surface area contributed by atoms with Crippen molar-refractivity contribution in [1.29, 1.82) is 0 Å². The Morgan fingerprint density at radius 2 is 2.33 bits per heavy atom. The maximum Gasteiger partial charge on any atom is 0.321 e. The van der Waals surface area contributed by atoms with E-state index in [1.165, 1.54) is 23.5 Å². The molecular formula is C10H8BrN3O3S. The molecule has 1 amide bonds. The molecule has 0 aromatic carbocycles. The molecule has 2 heterocycles. The topological polar surface area (TPSA) is 88.0 Å². The number of nitrogens with zero attached hydrogens (tertiary/aromatic N) is 1. The van der Waals surface area contributed by atoms with Crippen LogP contribution in [0, 0.1) is 10.1 Å². The molecule has 0 aliphatic rings. The van der Waals surface area contributed by atoms with Crippen LogP contribution in [0.1, 0.15) is 15.4 Å². The second kappa shape index (κ2) is 5.32. The first-order valence-electron chi connectivity index (χ1n) is 4.91. The lowest BCUT2D eigenvalue weighted by Crippen LogP contribution is -2.22. The summed E-state index contributed by atoms with van der Waals surface area (Å²) in [6.45, 7) is 0.391. The van der Waals surface area contributed by atoms with Gasteiger partial charge < -0.3 is 15.4 Å². The Labute approximate surface area is 114 Å². The molecular weight excluding hydrogens is 322 g/mol. The number of hydrogen-bond acceptors (Lipinski definition) is 4. The molecule has 6 nitrogen and oxygen atoms in total. The van der Waals surface area contributed by atoms with Crippen LogP contribution in [0.4, 0.5) is 5.82 Å². The van der Waals surface area contributed by atoms with Gasteiger partial charge in [-0.1, -0.05) is 0 Å².